The molecule has 0 spiro atoms. The van der Waals surface area contributed by atoms with Crippen molar-refractivity contribution in [3.05, 3.63) is 64.1 Å². The van der Waals surface area contributed by atoms with Crippen LogP contribution < -0.4 is 9.64 Å². The van der Waals surface area contributed by atoms with Gasteiger partial charge in [-0.2, -0.15) is 0 Å². The van der Waals surface area contributed by atoms with Gasteiger partial charge in [0.05, 0.1) is 17.4 Å². The molecular formula is C19H15Cl2NO3. The summed E-state index contributed by atoms with van der Waals surface area (Å²) in [6, 6.07) is 13.4. The summed E-state index contributed by atoms with van der Waals surface area (Å²) < 4.78 is 5.58. The molecule has 2 aromatic carbocycles. The number of ether oxygens (including phenoxy) is 1. The first-order chi connectivity index (χ1) is 11.9. The third-order valence-electron chi connectivity index (χ3n) is 3.61. The number of imide groups is 1. The third-order valence-corrected chi connectivity index (χ3v) is 4.19. The van der Waals surface area contributed by atoms with Crippen LogP contribution in [0, 0.1) is 0 Å². The fourth-order valence-corrected chi connectivity index (χ4v) is 3.03. The van der Waals surface area contributed by atoms with Crippen molar-refractivity contribution in [2.75, 3.05) is 4.90 Å². The number of anilines is 1. The van der Waals surface area contributed by atoms with Crippen LogP contribution in [0.1, 0.15) is 19.4 Å². The van der Waals surface area contributed by atoms with Crippen LogP contribution in [-0.2, 0) is 9.59 Å². The van der Waals surface area contributed by atoms with Gasteiger partial charge in [-0.1, -0.05) is 41.4 Å². The number of carbonyl (C=O) groups is 2. The molecule has 4 nitrogen and oxygen atoms in total. The standard InChI is InChI=1S/C19H15Cl2NO3/c1-11(2)25-15-8-6-12(7-9-15)16-17(21)19(24)22(18(16)23)14-5-3-4-13(20)10-14/h3-11H,1-2H3. The highest BCUT2D eigenvalue weighted by Crippen LogP contribution is 2.36. The van der Waals surface area contributed by atoms with E-state index in [9.17, 15) is 9.59 Å². The predicted molar refractivity (Wildman–Crippen MR) is 98.9 cm³/mol. The van der Waals surface area contributed by atoms with E-state index in [1.165, 1.54) is 0 Å². The first-order valence-electron chi connectivity index (χ1n) is 7.69. The molecule has 1 heterocycles. The maximum absolute atomic E-state index is 12.8. The van der Waals surface area contributed by atoms with E-state index in [1.54, 1.807) is 48.5 Å². The molecule has 0 radical (unpaired) electrons. The summed E-state index contributed by atoms with van der Waals surface area (Å²) in [6.45, 7) is 3.85. The SMILES string of the molecule is CC(C)Oc1ccc(C2=C(Cl)C(=O)N(c3cccc(Cl)c3)C2=O)cc1. The molecular weight excluding hydrogens is 361 g/mol. The topological polar surface area (TPSA) is 46.6 Å². The second-order valence-corrected chi connectivity index (χ2v) is 6.62. The number of nitrogens with zero attached hydrogens (tertiary/aromatic N) is 1. The minimum Gasteiger partial charge on any atom is -0.491 e. The molecule has 0 bridgehead atoms. The van der Waals surface area contributed by atoms with Gasteiger partial charge in [-0.15, -0.1) is 0 Å². The normalized spacial score (nSPS) is 14.7. The van der Waals surface area contributed by atoms with E-state index in [0.29, 0.717) is 22.0 Å². The van der Waals surface area contributed by atoms with Gasteiger partial charge < -0.3 is 4.74 Å². The van der Waals surface area contributed by atoms with Gasteiger partial charge in [0.2, 0.25) is 0 Å². The molecule has 0 aromatic heterocycles. The summed E-state index contributed by atoms with van der Waals surface area (Å²) in [5.74, 6) is -0.361. The lowest BCUT2D eigenvalue weighted by Crippen LogP contribution is -2.31. The highest BCUT2D eigenvalue weighted by molar-refractivity contribution is 6.60. The summed E-state index contributed by atoms with van der Waals surface area (Å²) in [5.41, 5.74) is 1.11. The zero-order valence-corrected chi connectivity index (χ0v) is 15.1. The van der Waals surface area contributed by atoms with Gasteiger partial charge in [-0.3, -0.25) is 9.59 Å². The molecule has 0 saturated heterocycles. The van der Waals surface area contributed by atoms with E-state index in [4.69, 9.17) is 27.9 Å². The maximum atomic E-state index is 12.8. The molecule has 1 aliphatic heterocycles. The molecule has 0 saturated carbocycles. The van der Waals surface area contributed by atoms with Crippen LogP contribution in [0.3, 0.4) is 0 Å². The average Bonchev–Trinajstić information content (AvgIpc) is 2.78. The fourth-order valence-electron chi connectivity index (χ4n) is 2.58. The molecule has 0 N–H and O–H groups in total. The van der Waals surface area contributed by atoms with Gasteiger partial charge in [0.15, 0.2) is 0 Å². The van der Waals surface area contributed by atoms with Crippen molar-refractivity contribution in [2.45, 2.75) is 20.0 Å². The highest BCUT2D eigenvalue weighted by atomic mass is 35.5. The Morgan fingerprint density at radius 3 is 2.24 bits per heavy atom. The minimum atomic E-state index is -0.563. The van der Waals surface area contributed by atoms with Gasteiger partial charge in [0.1, 0.15) is 10.8 Å². The molecule has 1 aliphatic rings. The summed E-state index contributed by atoms with van der Waals surface area (Å²) in [4.78, 5) is 26.3. The van der Waals surface area contributed by atoms with Crippen molar-refractivity contribution in [3.8, 4) is 5.75 Å². The van der Waals surface area contributed by atoms with Crippen LogP contribution in [0.25, 0.3) is 5.57 Å². The van der Waals surface area contributed by atoms with Crippen LogP contribution in [0.4, 0.5) is 5.69 Å². The highest BCUT2D eigenvalue weighted by Gasteiger charge is 2.39. The van der Waals surface area contributed by atoms with Crippen molar-refractivity contribution in [1.29, 1.82) is 0 Å². The molecule has 2 aromatic rings. The van der Waals surface area contributed by atoms with Crippen molar-refractivity contribution in [2.24, 2.45) is 0 Å². The van der Waals surface area contributed by atoms with E-state index in [2.05, 4.69) is 0 Å². The largest absolute Gasteiger partial charge is 0.491 e. The Kier molecular flexibility index (Phi) is 4.84. The van der Waals surface area contributed by atoms with Gasteiger partial charge in [0.25, 0.3) is 11.8 Å². The molecule has 0 aliphatic carbocycles. The second-order valence-electron chi connectivity index (χ2n) is 5.81. The van der Waals surface area contributed by atoms with E-state index >= 15 is 0 Å². The predicted octanol–water partition coefficient (Wildman–Crippen LogP) is 4.65. The fraction of sp³-hybridized carbons (Fsp3) is 0.158. The number of halogens is 2. The summed E-state index contributed by atoms with van der Waals surface area (Å²) in [6.07, 6.45) is 0.0432. The van der Waals surface area contributed by atoms with E-state index in [1.807, 2.05) is 13.8 Å². The Balaban J connectivity index is 1.94. The summed E-state index contributed by atoms with van der Waals surface area (Å²) >= 11 is 12.1. The van der Waals surface area contributed by atoms with E-state index < -0.39 is 11.8 Å². The van der Waals surface area contributed by atoms with Crippen molar-refractivity contribution in [1.82, 2.24) is 0 Å². The minimum absolute atomic E-state index is 0.0432. The Morgan fingerprint density at radius 1 is 0.960 bits per heavy atom. The Labute approximate surface area is 155 Å². The zero-order chi connectivity index (χ0) is 18.1. The van der Waals surface area contributed by atoms with Gasteiger partial charge in [-0.05, 0) is 49.7 Å². The van der Waals surface area contributed by atoms with Gasteiger partial charge in [-0.25, -0.2) is 4.90 Å². The number of carbonyl (C=O) groups excluding carboxylic acids is 2. The molecule has 128 valence electrons. The van der Waals surface area contributed by atoms with Crippen molar-refractivity contribution >= 4 is 46.3 Å². The summed E-state index contributed by atoms with van der Waals surface area (Å²) in [5, 5.41) is 0.320. The third kappa shape index (κ3) is 3.41. The zero-order valence-electron chi connectivity index (χ0n) is 13.6. The maximum Gasteiger partial charge on any atom is 0.277 e. The Morgan fingerprint density at radius 2 is 1.64 bits per heavy atom. The van der Waals surface area contributed by atoms with Crippen molar-refractivity contribution < 1.29 is 14.3 Å². The van der Waals surface area contributed by atoms with Crippen molar-refractivity contribution in [3.63, 3.8) is 0 Å². The average molecular weight is 376 g/mol. The quantitative estimate of drug-likeness (QED) is 0.730. The lowest BCUT2D eigenvalue weighted by atomic mass is 10.1. The second kappa shape index (κ2) is 6.90. The summed E-state index contributed by atoms with van der Waals surface area (Å²) in [7, 11) is 0. The number of hydrogen-bond donors (Lipinski definition) is 0. The van der Waals surface area contributed by atoms with Gasteiger partial charge >= 0.3 is 0 Å². The number of hydrogen-bond acceptors (Lipinski definition) is 3. The Bertz CT molecular complexity index is 872. The first-order valence-corrected chi connectivity index (χ1v) is 8.45. The smallest absolute Gasteiger partial charge is 0.277 e. The van der Waals surface area contributed by atoms with Crippen LogP contribution in [0.15, 0.2) is 53.6 Å². The number of benzene rings is 2. The van der Waals surface area contributed by atoms with Gasteiger partial charge in [0, 0.05) is 5.02 Å². The molecule has 2 amide bonds. The molecule has 0 unspecified atom stereocenters. The molecule has 3 rings (SSSR count). The van der Waals surface area contributed by atoms with Crippen LogP contribution in [0.2, 0.25) is 5.02 Å². The van der Waals surface area contributed by atoms with E-state index in [-0.39, 0.29) is 16.7 Å². The molecule has 0 atom stereocenters. The monoisotopic (exact) mass is 375 g/mol. The molecule has 6 heteroatoms. The van der Waals surface area contributed by atoms with Crippen LogP contribution >= 0.6 is 23.2 Å². The number of amides is 2. The molecule has 0 fully saturated rings. The first kappa shape index (κ1) is 17.5. The number of rotatable bonds is 4. The van der Waals surface area contributed by atoms with Crippen LogP contribution in [-0.4, -0.2) is 17.9 Å². The lowest BCUT2D eigenvalue weighted by molar-refractivity contribution is -0.119. The molecule has 25 heavy (non-hydrogen) atoms. The van der Waals surface area contributed by atoms with Crippen LogP contribution in [0.5, 0.6) is 5.75 Å². The lowest BCUT2D eigenvalue weighted by Gasteiger charge is -2.15. The van der Waals surface area contributed by atoms with E-state index in [0.717, 1.165) is 4.90 Å². The Hall–Kier alpha value is -2.30.